The predicted molar refractivity (Wildman–Crippen MR) is 68.5 cm³/mol. The van der Waals surface area contributed by atoms with E-state index in [9.17, 15) is 0 Å². The fourth-order valence-electron chi connectivity index (χ4n) is 1.66. The lowest BCUT2D eigenvalue weighted by molar-refractivity contribution is 0.778. The monoisotopic (exact) mass is 219 g/mol. The van der Waals surface area contributed by atoms with Crippen LogP contribution in [0.3, 0.4) is 0 Å². The van der Waals surface area contributed by atoms with Crippen LogP contribution in [-0.4, -0.2) is 10.7 Å². The zero-order chi connectivity index (χ0) is 10.5. The number of thioether (sulfide) groups is 1. The van der Waals surface area contributed by atoms with Crippen molar-refractivity contribution in [1.29, 1.82) is 0 Å². The number of H-pyrrole nitrogens is 1. The van der Waals surface area contributed by atoms with Gasteiger partial charge in [-0.05, 0) is 24.3 Å². The molecule has 0 aliphatic rings. The highest BCUT2D eigenvalue weighted by atomic mass is 32.2. The highest BCUT2D eigenvalue weighted by Gasteiger charge is 1.99. The zero-order valence-corrected chi connectivity index (χ0v) is 9.94. The van der Waals surface area contributed by atoms with Crippen LogP contribution >= 0.6 is 11.8 Å². The molecule has 0 saturated heterocycles. The zero-order valence-electron chi connectivity index (χ0n) is 9.12. The van der Waals surface area contributed by atoms with Gasteiger partial charge in [-0.2, -0.15) is 0 Å². The Kier molecular flexibility index (Phi) is 3.73. The van der Waals surface area contributed by atoms with Crippen molar-refractivity contribution >= 4 is 22.7 Å². The minimum Gasteiger partial charge on any atom is -0.350 e. The lowest BCUT2D eigenvalue weighted by Crippen LogP contribution is -1.79. The van der Waals surface area contributed by atoms with E-state index in [2.05, 4.69) is 42.2 Å². The first-order chi connectivity index (χ1) is 7.40. The van der Waals surface area contributed by atoms with E-state index in [4.69, 9.17) is 0 Å². The normalized spacial score (nSPS) is 11.0. The van der Waals surface area contributed by atoms with E-state index < -0.39 is 0 Å². The van der Waals surface area contributed by atoms with Crippen LogP contribution in [-0.2, 0) is 0 Å². The third-order valence-electron chi connectivity index (χ3n) is 2.51. The third-order valence-corrected chi connectivity index (χ3v) is 3.53. The molecule has 0 unspecified atom stereocenters. The highest BCUT2D eigenvalue weighted by Crippen LogP contribution is 2.23. The summed E-state index contributed by atoms with van der Waals surface area (Å²) in [7, 11) is 0. The molecule has 2 rings (SSSR count). The van der Waals surface area contributed by atoms with E-state index in [1.54, 1.807) is 0 Å². The van der Waals surface area contributed by atoms with E-state index in [0.717, 1.165) is 0 Å². The fraction of sp³-hybridized carbons (Fsp3) is 0.385. The molecule has 0 spiro atoms. The molecule has 0 aliphatic heterocycles. The molecule has 0 bridgehead atoms. The van der Waals surface area contributed by atoms with Crippen molar-refractivity contribution in [2.75, 3.05) is 5.75 Å². The molecule has 0 fully saturated rings. The maximum absolute atomic E-state index is 3.44. The molecule has 0 amide bonds. The summed E-state index contributed by atoms with van der Waals surface area (Å²) in [4.78, 5) is 3.44. The van der Waals surface area contributed by atoms with Crippen LogP contribution in [0.25, 0.3) is 10.9 Å². The average Bonchev–Trinajstić information content (AvgIpc) is 2.67. The Morgan fingerprint density at radius 3 is 2.87 bits per heavy atom. The Hall–Kier alpha value is -0.890. The summed E-state index contributed by atoms with van der Waals surface area (Å²) in [5.41, 5.74) is 1.25. The summed E-state index contributed by atoms with van der Waals surface area (Å²) in [6, 6.07) is 10.7. The largest absolute Gasteiger partial charge is 0.350 e. The number of aromatic nitrogens is 1. The third kappa shape index (κ3) is 2.78. The van der Waals surface area contributed by atoms with Gasteiger partial charge in [-0.15, -0.1) is 11.8 Å². The minimum atomic E-state index is 1.22. The number of para-hydroxylation sites is 1. The molecule has 1 N–H and O–H groups in total. The van der Waals surface area contributed by atoms with Crippen molar-refractivity contribution in [3.63, 3.8) is 0 Å². The van der Waals surface area contributed by atoms with Crippen LogP contribution in [0.5, 0.6) is 0 Å². The molecular weight excluding hydrogens is 202 g/mol. The van der Waals surface area contributed by atoms with Gasteiger partial charge in [0.25, 0.3) is 0 Å². The molecule has 0 radical (unpaired) electrons. The Labute approximate surface area is 95.3 Å². The number of hydrogen-bond donors (Lipinski definition) is 1. The van der Waals surface area contributed by atoms with Gasteiger partial charge >= 0.3 is 0 Å². The number of fused-ring (bicyclic) bond motifs is 1. The van der Waals surface area contributed by atoms with E-state index in [1.165, 1.54) is 40.9 Å². The van der Waals surface area contributed by atoms with Crippen LogP contribution in [0.15, 0.2) is 35.4 Å². The molecule has 2 aromatic rings. The Morgan fingerprint density at radius 2 is 2.07 bits per heavy atom. The number of rotatable bonds is 5. The van der Waals surface area contributed by atoms with Crippen molar-refractivity contribution in [2.24, 2.45) is 0 Å². The second kappa shape index (κ2) is 5.26. The number of nitrogens with one attached hydrogen (secondary N) is 1. The van der Waals surface area contributed by atoms with Crippen LogP contribution in [0, 0.1) is 0 Å². The van der Waals surface area contributed by atoms with Gasteiger partial charge in [-0.3, -0.25) is 0 Å². The van der Waals surface area contributed by atoms with Gasteiger partial charge in [0.05, 0.1) is 5.03 Å². The molecule has 0 atom stereocenters. The summed E-state index contributed by atoms with van der Waals surface area (Å²) >= 11 is 1.93. The van der Waals surface area contributed by atoms with Crippen molar-refractivity contribution in [1.82, 2.24) is 4.98 Å². The second-order valence-corrected chi connectivity index (χ2v) is 4.91. The Balaban J connectivity index is 1.97. The number of benzene rings is 1. The number of hydrogen-bond acceptors (Lipinski definition) is 1. The van der Waals surface area contributed by atoms with E-state index in [0.29, 0.717) is 0 Å². The smallest absolute Gasteiger partial charge is 0.0732 e. The van der Waals surface area contributed by atoms with Gasteiger partial charge in [-0.1, -0.05) is 38.0 Å². The van der Waals surface area contributed by atoms with Crippen LogP contribution in [0.1, 0.15) is 26.2 Å². The lowest BCUT2D eigenvalue weighted by Gasteiger charge is -1.96. The first-order valence-corrected chi connectivity index (χ1v) is 6.59. The van der Waals surface area contributed by atoms with Crippen LogP contribution in [0.4, 0.5) is 0 Å². The van der Waals surface area contributed by atoms with Gasteiger partial charge in [0, 0.05) is 10.9 Å². The fourth-order valence-corrected chi connectivity index (χ4v) is 2.62. The summed E-state index contributed by atoms with van der Waals surface area (Å²) in [5.74, 6) is 1.22. The van der Waals surface area contributed by atoms with Crippen LogP contribution < -0.4 is 0 Å². The van der Waals surface area contributed by atoms with E-state index in [1.807, 2.05) is 11.8 Å². The van der Waals surface area contributed by atoms with Gasteiger partial charge in [0.15, 0.2) is 0 Å². The first-order valence-electron chi connectivity index (χ1n) is 5.60. The molecule has 2 heteroatoms. The van der Waals surface area contributed by atoms with Crippen molar-refractivity contribution in [2.45, 2.75) is 31.2 Å². The molecule has 0 aliphatic carbocycles. The molecule has 1 heterocycles. The average molecular weight is 219 g/mol. The summed E-state index contributed by atoms with van der Waals surface area (Å²) in [5, 5.41) is 2.61. The molecule has 0 saturated carbocycles. The minimum absolute atomic E-state index is 1.22. The van der Waals surface area contributed by atoms with Gasteiger partial charge < -0.3 is 4.98 Å². The molecule has 1 aromatic carbocycles. The molecule has 80 valence electrons. The van der Waals surface area contributed by atoms with E-state index in [-0.39, 0.29) is 0 Å². The lowest BCUT2D eigenvalue weighted by atomic mass is 10.3. The molecule has 1 aromatic heterocycles. The quantitative estimate of drug-likeness (QED) is 0.580. The molecular formula is C13H17NS. The summed E-state index contributed by atoms with van der Waals surface area (Å²) in [6.07, 6.45) is 3.96. The Morgan fingerprint density at radius 1 is 1.20 bits per heavy atom. The van der Waals surface area contributed by atoms with E-state index >= 15 is 0 Å². The van der Waals surface area contributed by atoms with Crippen molar-refractivity contribution < 1.29 is 0 Å². The topological polar surface area (TPSA) is 15.8 Å². The standard InChI is InChI=1S/C13H17NS/c1-2-3-6-9-15-13-10-11-7-4-5-8-12(11)14-13/h4-5,7-8,10,14H,2-3,6,9H2,1H3. The first kappa shape index (κ1) is 10.6. The highest BCUT2D eigenvalue weighted by molar-refractivity contribution is 7.99. The maximum Gasteiger partial charge on any atom is 0.0732 e. The SMILES string of the molecule is CCCCCSc1cc2ccccc2[nH]1. The van der Waals surface area contributed by atoms with Crippen molar-refractivity contribution in [3.8, 4) is 0 Å². The number of aromatic amines is 1. The predicted octanol–water partition coefficient (Wildman–Crippen LogP) is 4.45. The van der Waals surface area contributed by atoms with Crippen molar-refractivity contribution in [3.05, 3.63) is 30.3 Å². The summed E-state index contributed by atoms with van der Waals surface area (Å²) < 4.78 is 0. The Bertz CT molecular complexity index is 386. The van der Waals surface area contributed by atoms with Gasteiger partial charge in [0.1, 0.15) is 0 Å². The maximum atomic E-state index is 3.44. The summed E-state index contributed by atoms with van der Waals surface area (Å²) in [6.45, 7) is 2.24. The van der Waals surface area contributed by atoms with Crippen LogP contribution in [0.2, 0.25) is 0 Å². The van der Waals surface area contributed by atoms with Gasteiger partial charge in [0.2, 0.25) is 0 Å². The van der Waals surface area contributed by atoms with Gasteiger partial charge in [-0.25, -0.2) is 0 Å². The molecule has 15 heavy (non-hydrogen) atoms. The number of unbranched alkanes of at least 4 members (excludes halogenated alkanes) is 2. The molecule has 1 nitrogen and oxygen atoms in total. The second-order valence-electron chi connectivity index (χ2n) is 3.78.